The van der Waals surface area contributed by atoms with E-state index in [9.17, 15) is 17.8 Å². The molecular weight excluding hydrogens is 382 g/mol. The van der Waals surface area contributed by atoms with Crippen LogP contribution in [0.5, 0.6) is 0 Å². The number of rotatable bonds is 2. The van der Waals surface area contributed by atoms with Crippen molar-refractivity contribution in [3.8, 4) is 0 Å². The van der Waals surface area contributed by atoms with Gasteiger partial charge in [0.2, 0.25) is 6.20 Å². The van der Waals surface area contributed by atoms with E-state index in [4.69, 9.17) is 10.6 Å². The summed E-state index contributed by atoms with van der Waals surface area (Å²) in [6.45, 7) is 10.5. The summed E-state index contributed by atoms with van der Waals surface area (Å²) >= 11 is 0. The number of hydrogen-bond donors (Lipinski definition) is 2. The number of benzene rings is 1. The average molecular weight is 410 g/mol. The SMILES string of the molecule is CC(C)(C)OC(=O)Nc1ccc[n+](N)c1.Cc1cc(C)c(S(=O)(=O)[O-])c(C)c1. The van der Waals surface area contributed by atoms with Crippen LogP contribution in [0.25, 0.3) is 0 Å². The average Bonchev–Trinajstić information content (AvgIpc) is 2.42. The van der Waals surface area contributed by atoms with Gasteiger partial charge in [-0.3, -0.25) is 5.32 Å². The zero-order valence-electron chi connectivity index (χ0n) is 16.9. The summed E-state index contributed by atoms with van der Waals surface area (Å²) in [5, 5.41) is 2.58. The van der Waals surface area contributed by atoms with E-state index in [1.807, 2.05) is 6.92 Å². The lowest BCUT2D eigenvalue weighted by Gasteiger charge is -2.19. The number of amides is 1. The maximum Gasteiger partial charge on any atom is 0.412 e. The third-order valence-corrected chi connectivity index (χ3v) is 4.47. The minimum absolute atomic E-state index is 0.0851. The van der Waals surface area contributed by atoms with Crippen LogP contribution in [0.2, 0.25) is 0 Å². The molecule has 1 aromatic heterocycles. The van der Waals surface area contributed by atoms with Crippen molar-refractivity contribution in [1.29, 1.82) is 0 Å². The fourth-order valence-corrected chi connectivity index (χ4v) is 3.46. The van der Waals surface area contributed by atoms with Gasteiger partial charge >= 0.3 is 6.09 Å². The number of aromatic nitrogens is 1. The Labute approximate surface area is 166 Å². The first-order valence-corrected chi connectivity index (χ1v) is 9.90. The van der Waals surface area contributed by atoms with E-state index < -0.39 is 21.8 Å². The van der Waals surface area contributed by atoms with Crippen LogP contribution in [0.15, 0.2) is 41.6 Å². The molecule has 0 bridgehead atoms. The molecule has 0 atom stereocenters. The first kappa shape index (κ1) is 23.4. The predicted molar refractivity (Wildman–Crippen MR) is 105 cm³/mol. The summed E-state index contributed by atoms with van der Waals surface area (Å²) in [7, 11) is -4.33. The number of anilines is 1. The van der Waals surface area contributed by atoms with Crippen LogP contribution in [0.3, 0.4) is 0 Å². The van der Waals surface area contributed by atoms with Crippen LogP contribution >= 0.6 is 0 Å². The van der Waals surface area contributed by atoms with Crippen LogP contribution in [0.1, 0.15) is 37.5 Å². The van der Waals surface area contributed by atoms with Crippen LogP contribution in [-0.2, 0) is 14.9 Å². The summed E-state index contributed by atoms with van der Waals surface area (Å²) in [5.74, 6) is 5.49. The summed E-state index contributed by atoms with van der Waals surface area (Å²) in [6, 6.07) is 6.84. The number of nitrogens with two attached hydrogens (primary N) is 1. The van der Waals surface area contributed by atoms with Crippen molar-refractivity contribution < 1.29 is 27.2 Å². The van der Waals surface area contributed by atoms with E-state index in [1.54, 1.807) is 71.3 Å². The Morgan fingerprint density at radius 3 is 2.14 bits per heavy atom. The largest absolute Gasteiger partial charge is 0.744 e. The highest BCUT2D eigenvalue weighted by molar-refractivity contribution is 7.85. The highest BCUT2D eigenvalue weighted by atomic mass is 32.2. The van der Waals surface area contributed by atoms with Crippen LogP contribution in [-0.4, -0.2) is 24.7 Å². The molecule has 0 aliphatic carbocycles. The molecule has 0 aliphatic rings. The molecule has 154 valence electrons. The number of nitrogen functional groups attached to an aromatic ring is 1. The lowest BCUT2D eigenvalue weighted by molar-refractivity contribution is -0.638. The highest BCUT2D eigenvalue weighted by Gasteiger charge is 2.16. The quantitative estimate of drug-likeness (QED) is 0.446. The maximum absolute atomic E-state index is 11.4. The minimum Gasteiger partial charge on any atom is -0.744 e. The number of carbonyl (C=O) groups is 1. The van der Waals surface area contributed by atoms with E-state index in [0.717, 1.165) is 5.56 Å². The molecule has 8 nitrogen and oxygen atoms in total. The van der Waals surface area contributed by atoms with Crippen molar-refractivity contribution in [1.82, 2.24) is 0 Å². The third-order valence-electron chi connectivity index (χ3n) is 3.32. The molecule has 2 rings (SSSR count). The number of aryl methyl sites for hydroxylation is 3. The highest BCUT2D eigenvalue weighted by Crippen LogP contribution is 2.20. The van der Waals surface area contributed by atoms with Gasteiger partial charge in [-0.05, 0) is 58.7 Å². The Kier molecular flexibility index (Phi) is 7.54. The molecule has 3 N–H and O–H groups in total. The van der Waals surface area contributed by atoms with Gasteiger partial charge in [0.25, 0.3) is 0 Å². The molecular formula is C19H27N3O5S. The Balaban J connectivity index is 0.000000283. The summed E-state index contributed by atoms with van der Waals surface area (Å²) in [5.41, 5.74) is 2.09. The molecule has 0 fully saturated rings. The van der Waals surface area contributed by atoms with Gasteiger partial charge in [-0.25, -0.2) is 19.1 Å². The van der Waals surface area contributed by atoms with Crippen LogP contribution in [0, 0.1) is 20.8 Å². The topological polar surface area (TPSA) is 125 Å². The van der Waals surface area contributed by atoms with Crippen molar-refractivity contribution in [2.24, 2.45) is 0 Å². The van der Waals surface area contributed by atoms with Gasteiger partial charge in [0.15, 0.2) is 6.20 Å². The molecule has 1 amide bonds. The first-order valence-electron chi connectivity index (χ1n) is 8.49. The fourth-order valence-electron chi connectivity index (χ4n) is 2.55. The van der Waals surface area contributed by atoms with E-state index in [1.165, 1.54) is 4.68 Å². The number of ether oxygens (including phenoxy) is 1. The molecule has 0 spiro atoms. The lowest BCUT2D eigenvalue weighted by atomic mass is 10.1. The number of pyridine rings is 1. The van der Waals surface area contributed by atoms with Crippen LogP contribution in [0.4, 0.5) is 10.5 Å². The monoisotopic (exact) mass is 409 g/mol. The van der Waals surface area contributed by atoms with Crippen molar-refractivity contribution in [3.05, 3.63) is 53.3 Å². The normalized spacial score (nSPS) is 11.2. The van der Waals surface area contributed by atoms with Crippen molar-refractivity contribution in [2.75, 3.05) is 11.2 Å². The van der Waals surface area contributed by atoms with Crippen molar-refractivity contribution in [2.45, 2.75) is 52.0 Å². The van der Waals surface area contributed by atoms with Gasteiger partial charge in [0.1, 0.15) is 21.4 Å². The summed E-state index contributed by atoms with van der Waals surface area (Å²) in [4.78, 5) is 11.3. The molecule has 1 aromatic carbocycles. The summed E-state index contributed by atoms with van der Waals surface area (Å²) < 4.78 is 38.9. The second-order valence-corrected chi connectivity index (χ2v) is 8.67. The Morgan fingerprint density at radius 1 is 1.18 bits per heavy atom. The third kappa shape index (κ3) is 7.93. The van der Waals surface area contributed by atoms with E-state index >= 15 is 0 Å². The van der Waals surface area contributed by atoms with Crippen molar-refractivity contribution in [3.63, 3.8) is 0 Å². The lowest BCUT2D eigenvalue weighted by Crippen LogP contribution is -2.43. The standard InChI is InChI=1S/C10H15N3O2.C9H12O3S/c1-10(2,3)15-9(14)12-8-5-4-6-13(11)7-8;1-6-4-7(2)9(8(3)5-6)13(10,11)12/h4-7H,11H2,1-3H3;4-5H,1-3H3,(H,10,11,12). The van der Waals surface area contributed by atoms with Crippen LogP contribution < -0.4 is 15.8 Å². The number of nitrogens with zero attached hydrogens (tertiary/aromatic N) is 1. The van der Waals surface area contributed by atoms with Gasteiger partial charge < -0.3 is 9.29 Å². The summed E-state index contributed by atoms with van der Waals surface area (Å²) in [6.07, 6.45) is 2.76. The second kappa shape index (κ2) is 9.03. The number of carbonyl (C=O) groups excluding carboxylic acids is 1. The molecule has 1 heterocycles. The van der Waals surface area contributed by atoms with E-state index in [0.29, 0.717) is 16.8 Å². The van der Waals surface area contributed by atoms with Gasteiger partial charge in [-0.1, -0.05) is 22.4 Å². The first-order chi connectivity index (χ1) is 12.7. The Hall–Kier alpha value is -2.65. The van der Waals surface area contributed by atoms with E-state index in [2.05, 4.69) is 5.32 Å². The van der Waals surface area contributed by atoms with Gasteiger partial charge in [-0.2, -0.15) is 0 Å². The molecule has 2 aromatic rings. The molecule has 28 heavy (non-hydrogen) atoms. The van der Waals surface area contributed by atoms with Gasteiger partial charge in [0, 0.05) is 6.07 Å². The minimum atomic E-state index is -4.33. The predicted octanol–water partition coefficient (Wildman–Crippen LogP) is 2.55. The second-order valence-electron chi connectivity index (χ2n) is 7.35. The number of hydrogen-bond acceptors (Lipinski definition) is 6. The number of nitrogens with one attached hydrogen (secondary N) is 1. The Morgan fingerprint density at radius 2 is 1.71 bits per heavy atom. The molecule has 0 saturated carbocycles. The Bertz CT molecular complexity index is 927. The smallest absolute Gasteiger partial charge is 0.412 e. The molecule has 0 aliphatic heterocycles. The molecule has 9 heteroatoms. The maximum atomic E-state index is 11.4. The molecule has 0 unspecified atom stereocenters. The van der Waals surface area contributed by atoms with Gasteiger partial charge in [-0.15, -0.1) is 0 Å². The van der Waals surface area contributed by atoms with Gasteiger partial charge in [0.05, 0.1) is 4.90 Å². The zero-order valence-corrected chi connectivity index (χ0v) is 17.8. The fraction of sp³-hybridized carbons (Fsp3) is 0.368. The molecule has 0 radical (unpaired) electrons. The zero-order chi connectivity index (χ0) is 21.7. The van der Waals surface area contributed by atoms with Crippen molar-refractivity contribution >= 4 is 21.9 Å². The molecule has 0 saturated heterocycles. The van der Waals surface area contributed by atoms with E-state index in [-0.39, 0.29) is 4.90 Å².